The monoisotopic (exact) mass is 238 g/mol. The molecule has 0 atom stereocenters. The van der Waals surface area contributed by atoms with E-state index in [4.69, 9.17) is 0 Å². The molecule has 3 heteroatoms. The lowest BCUT2D eigenvalue weighted by Gasteiger charge is -2.43. The highest BCUT2D eigenvalue weighted by Crippen LogP contribution is 2.45. The van der Waals surface area contributed by atoms with E-state index in [9.17, 15) is 0 Å². The number of hydrogen-bond donors (Lipinski definition) is 1. The average molecular weight is 238 g/mol. The van der Waals surface area contributed by atoms with E-state index in [-0.39, 0.29) is 0 Å². The van der Waals surface area contributed by atoms with E-state index in [0.29, 0.717) is 5.41 Å². The second-order valence-corrected chi connectivity index (χ2v) is 6.49. The minimum absolute atomic E-state index is 0.610. The van der Waals surface area contributed by atoms with Gasteiger partial charge in [0.25, 0.3) is 0 Å². The zero-order chi connectivity index (χ0) is 11.4. The number of nitrogens with zero attached hydrogens (tertiary/aromatic N) is 1. The van der Waals surface area contributed by atoms with Crippen molar-refractivity contribution in [3.8, 4) is 0 Å². The van der Waals surface area contributed by atoms with Gasteiger partial charge in [-0.15, -0.1) is 11.3 Å². The van der Waals surface area contributed by atoms with Crippen LogP contribution in [0.3, 0.4) is 0 Å². The lowest BCUT2D eigenvalue weighted by atomic mass is 9.64. The van der Waals surface area contributed by atoms with E-state index in [1.165, 1.54) is 37.1 Å². The molecule has 1 aliphatic rings. The molecule has 0 amide bonds. The topological polar surface area (TPSA) is 24.9 Å². The van der Waals surface area contributed by atoms with Crippen LogP contribution >= 0.6 is 11.3 Å². The molecule has 0 aromatic carbocycles. The van der Waals surface area contributed by atoms with E-state index in [2.05, 4.69) is 24.1 Å². The Hall–Kier alpha value is -0.410. The molecule has 1 aromatic rings. The van der Waals surface area contributed by atoms with E-state index >= 15 is 0 Å². The molecule has 0 unspecified atom stereocenters. The summed E-state index contributed by atoms with van der Waals surface area (Å²) in [5, 5.41) is 3.61. The minimum atomic E-state index is 0.610. The Labute approximate surface area is 102 Å². The standard InChI is InChI=1S/C13H22N2S/c1-11(2)6-13(4-3-5-13)9-14-7-12-8-15-10-16-12/h8,10-11,14H,3-7,9H2,1-2H3. The van der Waals surface area contributed by atoms with E-state index in [0.717, 1.165) is 12.5 Å². The van der Waals surface area contributed by atoms with Gasteiger partial charge in [-0.25, -0.2) is 0 Å². The zero-order valence-electron chi connectivity index (χ0n) is 10.3. The van der Waals surface area contributed by atoms with Crippen molar-refractivity contribution in [2.24, 2.45) is 11.3 Å². The van der Waals surface area contributed by atoms with E-state index in [1.807, 2.05) is 11.7 Å². The van der Waals surface area contributed by atoms with E-state index in [1.54, 1.807) is 11.3 Å². The fourth-order valence-electron chi connectivity index (χ4n) is 2.78. The Morgan fingerprint density at radius 1 is 1.50 bits per heavy atom. The van der Waals surface area contributed by atoms with Crippen LogP contribution in [0, 0.1) is 11.3 Å². The summed E-state index contributed by atoms with van der Waals surface area (Å²) < 4.78 is 0. The lowest BCUT2D eigenvalue weighted by Crippen LogP contribution is -2.40. The molecule has 90 valence electrons. The molecule has 1 N–H and O–H groups in total. The van der Waals surface area contributed by atoms with Crippen LogP contribution in [-0.4, -0.2) is 11.5 Å². The largest absolute Gasteiger partial charge is 0.311 e. The van der Waals surface area contributed by atoms with Crippen LogP contribution in [0.15, 0.2) is 11.7 Å². The Balaban J connectivity index is 1.75. The highest BCUT2D eigenvalue weighted by atomic mass is 32.1. The first-order valence-electron chi connectivity index (χ1n) is 6.28. The maximum atomic E-state index is 4.10. The molecule has 0 aliphatic heterocycles. The van der Waals surface area contributed by atoms with Gasteiger partial charge in [0.1, 0.15) is 0 Å². The summed E-state index contributed by atoms with van der Waals surface area (Å²) in [5.41, 5.74) is 2.52. The molecular formula is C13H22N2S. The Morgan fingerprint density at radius 2 is 2.31 bits per heavy atom. The summed E-state index contributed by atoms with van der Waals surface area (Å²) in [4.78, 5) is 5.44. The van der Waals surface area contributed by atoms with Crippen molar-refractivity contribution in [1.82, 2.24) is 10.3 Å². The molecule has 0 bridgehead atoms. The SMILES string of the molecule is CC(C)CC1(CNCc2cncs2)CCC1. The van der Waals surface area contributed by atoms with Crippen molar-refractivity contribution in [2.45, 2.75) is 46.1 Å². The molecule has 1 aliphatic carbocycles. The van der Waals surface area contributed by atoms with Crippen LogP contribution in [0.1, 0.15) is 44.4 Å². The van der Waals surface area contributed by atoms with Gasteiger partial charge in [-0.2, -0.15) is 0 Å². The fourth-order valence-corrected chi connectivity index (χ4v) is 3.34. The van der Waals surface area contributed by atoms with Crippen LogP contribution in [0.5, 0.6) is 0 Å². The second kappa shape index (κ2) is 5.28. The van der Waals surface area contributed by atoms with Crippen molar-refractivity contribution in [3.63, 3.8) is 0 Å². The van der Waals surface area contributed by atoms with Crippen LogP contribution in [0.4, 0.5) is 0 Å². The number of aromatic nitrogens is 1. The lowest BCUT2D eigenvalue weighted by molar-refractivity contribution is 0.0980. The van der Waals surface area contributed by atoms with Crippen molar-refractivity contribution in [1.29, 1.82) is 0 Å². The zero-order valence-corrected chi connectivity index (χ0v) is 11.1. The summed E-state index contributed by atoms with van der Waals surface area (Å²) >= 11 is 1.74. The van der Waals surface area contributed by atoms with Crippen molar-refractivity contribution in [3.05, 3.63) is 16.6 Å². The van der Waals surface area contributed by atoms with Crippen LogP contribution in [0.25, 0.3) is 0 Å². The van der Waals surface area contributed by atoms with Gasteiger partial charge >= 0.3 is 0 Å². The normalized spacial score (nSPS) is 18.7. The first-order valence-corrected chi connectivity index (χ1v) is 7.16. The third-order valence-corrected chi connectivity index (χ3v) is 4.32. The van der Waals surface area contributed by atoms with Gasteiger partial charge < -0.3 is 5.32 Å². The molecular weight excluding hydrogens is 216 g/mol. The Bertz CT molecular complexity index is 302. The number of thiazole rings is 1. The highest BCUT2D eigenvalue weighted by molar-refractivity contribution is 7.09. The first kappa shape index (κ1) is 12.1. The van der Waals surface area contributed by atoms with Gasteiger partial charge in [0.2, 0.25) is 0 Å². The molecule has 16 heavy (non-hydrogen) atoms. The van der Waals surface area contributed by atoms with Crippen molar-refractivity contribution in [2.75, 3.05) is 6.54 Å². The number of nitrogens with one attached hydrogen (secondary N) is 1. The van der Waals surface area contributed by atoms with Crippen molar-refractivity contribution < 1.29 is 0 Å². The highest BCUT2D eigenvalue weighted by Gasteiger charge is 2.36. The summed E-state index contributed by atoms with van der Waals surface area (Å²) in [6.07, 6.45) is 7.60. The van der Waals surface area contributed by atoms with Gasteiger partial charge in [0.15, 0.2) is 0 Å². The molecule has 1 fully saturated rings. The van der Waals surface area contributed by atoms with E-state index < -0.39 is 0 Å². The molecule has 1 heterocycles. The molecule has 0 radical (unpaired) electrons. The number of hydrogen-bond acceptors (Lipinski definition) is 3. The third-order valence-electron chi connectivity index (χ3n) is 3.54. The van der Waals surface area contributed by atoms with Crippen LogP contribution in [0.2, 0.25) is 0 Å². The molecule has 2 rings (SSSR count). The smallest absolute Gasteiger partial charge is 0.0794 e. The van der Waals surface area contributed by atoms with Gasteiger partial charge in [0, 0.05) is 24.2 Å². The first-order chi connectivity index (χ1) is 7.70. The third kappa shape index (κ3) is 3.05. The Morgan fingerprint density at radius 3 is 2.81 bits per heavy atom. The molecule has 0 saturated heterocycles. The van der Waals surface area contributed by atoms with Crippen molar-refractivity contribution >= 4 is 11.3 Å². The Kier molecular flexibility index (Phi) is 3.98. The molecule has 2 nitrogen and oxygen atoms in total. The predicted octanol–water partition coefficient (Wildman–Crippen LogP) is 3.45. The quantitative estimate of drug-likeness (QED) is 0.821. The summed E-state index contributed by atoms with van der Waals surface area (Å²) in [7, 11) is 0. The van der Waals surface area contributed by atoms with Gasteiger partial charge in [-0.05, 0) is 30.6 Å². The maximum Gasteiger partial charge on any atom is 0.0794 e. The summed E-state index contributed by atoms with van der Waals surface area (Å²) in [6.45, 7) is 6.85. The van der Waals surface area contributed by atoms with Crippen LogP contribution < -0.4 is 5.32 Å². The van der Waals surface area contributed by atoms with Gasteiger partial charge in [0.05, 0.1) is 5.51 Å². The molecule has 0 spiro atoms. The average Bonchev–Trinajstić information content (AvgIpc) is 2.66. The molecule has 1 aromatic heterocycles. The second-order valence-electron chi connectivity index (χ2n) is 5.52. The maximum absolute atomic E-state index is 4.10. The van der Waals surface area contributed by atoms with Crippen LogP contribution in [-0.2, 0) is 6.54 Å². The summed E-state index contributed by atoms with van der Waals surface area (Å²) in [6, 6.07) is 0. The molecule has 1 saturated carbocycles. The fraction of sp³-hybridized carbons (Fsp3) is 0.769. The van der Waals surface area contributed by atoms with Gasteiger partial charge in [-0.3, -0.25) is 4.98 Å². The predicted molar refractivity (Wildman–Crippen MR) is 69.6 cm³/mol. The van der Waals surface area contributed by atoms with Gasteiger partial charge in [-0.1, -0.05) is 20.3 Å². The summed E-state index contributed by atoms with van der Waals surface area (Å²) in [5.74, 6) is 0.825. The minimum Gasteiger partial charge on any atom is -0.311 e. The number of rotatable bonds is 6.